The number of phenolic OH excluding ortho intramolecular Hbond substituents is 1. The lowest BCUT2D eigenvalue weighted by Crippen LogP contribution is -2.13. The number of phenols is 1. The van der Waals surface area contributed by atoms with E-state index in [4.69, 9.17) is 10.5 Å². The third kappa shape index (κ3) is 1.97. The van der Waals surface area contributed by atoms with E-state index in [9.17, 15) is 9.90 Å². The van der Waals surface area contributed by atoms with Crippen LogP contribution in [0.5, 0.6) is 11.5 Å². The molecule has 1 aromatic carbocycles. The number of rotatable bonds is 3. The van der Waals surface area contributed by atoms with Gasteiger partial charge in [0.25, 0.3) is 0 Å². The van der Waals surface area contributed by atoms with E-state index in [1.54, 1.807) is 6.07 Å². The van der Waals surface area contributed by atoms with Crippen molar-refractivity contribution in [2.45, 2.75) is 0 Å². The van der Waals surface area contributed by atoms with Gasteiger partial charge in [0, 0.05) is 5.56 Å². The van der Waals surface area contributed by atoms with Crippen molar-refractivity contribution < 1.29 is 14.6 Å². The lowest BCUT2D eigenvalue weighted by Gasteiger charge is -2.04. The lowest BCUT2D eigenvalue weighted by molar-refractivity contribution is 0.100. The quantitative estimate of drug-likeness (QED) is 0.667. The molecule has 0 spiro atoms. The Balaban J connectivity index is 3.02. The molecule has 4 heteroatoms. The minimum atomic E-state index is -0.210. The Bertz CT molecular complexity index is 323. The van der Waals surface area contributed by atoms with Crippen LogP contribution in [0, 0.1) is 0 Å². The maximum atomic E-state index is 11.1. The van der Waals surface area contributed by atoms with Crippen LogP contribution < -0.4 is 10.5 Å². The fraction of sp³-hybridized carbons (Fsp3) is 0.222. The van der Waals surface area contributed by atoms with Gasteiger partial charge in [-0.15, -0.1) is 0 Å². The molecule has 1 rings (SSSR count). The van der Waals surface area contributed by atoms with Crippen molar-refractivity contribution in [2.24, 2.45) is 5.73 Å². The maximum absolute atomic E-state index is 11.1. The predicted octanol–water partition coefficient (Wildman–Crippen LogP) is 0.542. The minimum Gasteiger partial charge on any atom is -0.504 e. The van der Waals surface area contributed by atoms with E-state index in [1.807, 2.05) is 0 Å². The van der Waals surface area contributed by atoms with Gasteiger partial charge in [0.15, 0.2) is 17.3 Å². The standard InChI is InChI=1S/C9H11NO3/c1-13-9-3-2-6(4-7(9)11)8(12)5-10/h2-4,11H,5,10H2,1H3. The summed E-state index contributed by atoms with van der Waals surface area (Å²) in [5, 5.41) is 9.32. The van der Waals surface area contributed by atoms with Gasteiger partial charge >= 0.3 is 0 Å². The topological polar surface area (TPSA) is 72.5 Å². The van der Waals surface area contributed by atoms with Crippen LogP contribution >= 0.6 is 0 Å². The second kappa shape index (κ2) is 3.91. The van der Waals surface area contributed by atoms with Crippen LogP contribution in [0.25, 0.3) is 0 Å². The van der Waals surface area contributed by atoms with Crippen molar-refractivity contribution in [1.29, 1.82) is 0 Å². The number of carbonyl (C=O) groups excluding carboxylic acids is 1. The van der Waals surface area contributed by atoms with Crippen LogP contribution in [0.15, 0.2) is 18.2 Å². The molecule has 13 heavy (non-hydrogen) atoms. The molecule has 0 aromatic heterocycles. The van der Waals surface area contributed by atoms with Crippen LogP contribution in [0.1, 0.15) is 10.4 Å². The number of ether oxygens (including phenoxy) is 1. The molecule has 0 fully saturated rings. The Morgan fingerprint density at radius 2 is 2.31 bits per heavy atom. The molecule has 3 N–H and O–H groups in total. The molecule has 0 aliphatic rings. The third-order valence-corrected chi connectivity index (χ3v) is 1.69. The summed E-state index contributed by atoms with van der Waals surface area (Å²) >= 11 is 0. The van der Waals surface area contributed by atoms with Crippen molar-refractivity contribution in [3.05, 3.63) is 23.8 Å². The molecular formula is C9H11NO3. The second-order valence-electron chi connectivity index (χ2n) is 2.51. The van der Waals surface area contributed by atoms with Gasteiger partial charge in [0.2, 0.25) is 0 Å². The Hall–Kier alpha value is -1.55. The van der Waals surface area contributed by atoms with Crippen molar-refractivity contribution in [1.82, 2.24) is 0 Å². The van der Waals surface area contributed by atoms with Gasteiger partial charge in [0.05, 0.1) is 13.7 Å². The van der Waals surface area contributed by atoms with E-state index in [0.29, 0.717) is 11.3 Å². The maximum Gasteiger partial charge on any atom is 0.176 e. The van der Waals surface area contributed by atoms with E-state index in [1.165, 1.54) is 19.2 Å². The highest BCUT2D eigenvalue weighted by Gasteiger charge is 2.07. The molecule has 4 nitrogen and oxygen atoms in total. The Labute approximate surface area is 75.9 Å². The molecule has 0 aliphatic carbocycles. The Kier molecular flexibility index (Phi) is 2.87. The first-order valence-electron chi connectivity index (χ1n) is 3.79. The summed E-state index contributed by atoms with van der Waals surface area (Å²) < 4.78 is 4.82. The first-order valence-corrected chi connectivity index (χ1v) is 3.79. The normalized spacial score (nSPS) is 9.69. The molecular weight excluding hydrogens is 170 g/mol. The fourth-order valence-corrected chi connectivity index (χ4v) is 0.981. The number of methoxy groups -OCH3 is 1. The molecule has 0 aliphatic heterocycles. The summed E-state index contributed by atoms with van der Waals surface area (Å²) in [6.07, 6.45) is 0. The molecule has 0 saturated carbocycles. The average molecular weight is 181 g/mol. The number of Topliss-reactive ketones (excluding diaryl/α,β-unsaturated/α-hetero) is 1. The number of nitrogens with two attached hydrogens (primary N) is 1. The molecule has 0 atom stereocenters. The first kappa shape index (κ1) is 9.54. The highest BCUT2D eigenvalue weighted by molar-refractivity contribution is 5.98. The van der Waals surface area contributed by atoms with E-state index >= 15 is 0 Å². The van der Waals surface area contributed by atoms with Crippen molar-refractivity contribution in [2.75, 3.05) is 13.7 Å². The molecule has 0 bridgehead atoms. The van der Waals surface area contributed by atoms with E-state index in [-0.39, 0.29) is 18.1 Å². The SMILES string of the molecule is COc1ccc(C(=O)CN)cc1O. The summed E-state index contributed by atoms with van der Waals surface area (Å²) in [6, 6.07) is 4.43. The average Bonchev–Trinajstić information content (AvgIpc) is 2.16. The van der Waals surface area contributed by atoms with Crippen molar-refractivity contribution in [3.63, 3.8) is 0 Å². The number of ketones is 1. The Morgan fingerprint density at radius 1 is 1.62 bits per heavy atom. The number of benzene rings is 1. The van der Waals surface area contributed by atoms with Gasteiger partial charge in [-0.25, -0.2) is 0 Å². The van der Waals surface area contributed by atoms with Crippen molar-refractivity contribution >= 4 is 5.78 Å². The number of hydrogen-bond acceptors (Lipinski definition) is 4. The van der Waals surface area contributed by atoms with E-state index < -0.39 is 0 Å². The number of aromatic hydroxyl groups is 1. The van der Waals surface area contributed by atoms with Gasteiger partial charge in [-0.2, -0.15) is 0 Å². The molecule has 70 valence electrons. The molecule has 0 heterocycles. The summed E-state index contributed by atoms with van der Waals surface area (Å²) in [5.41, 5.74) is 5.55. The first-order chi connectivity index (χ1) is 6.19. The van der Waals surface area contributed by atoms with E-state index in [2.05, 4.69) is 0 Å². The lowest BCUT2D eigenvalue weighted by atomic mass is 10.1. The zero-order valence-electron chi connectivity index (χ0n) is 7.28. The highest BCUT2D eigenvalue weighted by Crippen LogP contribution is 2.26. The zero-order valence-corrected chi connectivity index (χ0v) is 7.28. The second-order valence-corrected chi connectivity index (χ2v) is 2.51. The molecule has 0 unspecified atom stereocenters. The Morgan fingerprint density at radius 3 is 2.77 bits per heavy atom. The van der Waals surface area contributed by atoms with Crippen LogP contribution in [-0.4, -0.2) is 24.5 Å². The molecule has 0 amide bonds. The largest absolute Gasteiger partial charge is 0.504 e. The molecule has 0 radical (unpaired) electrons. The van der Waals surface area contributed by atoms with Crippen LogP contribution in [0.4, 0.5) is 0 Å². The number of carbonyl (C=O) groups is 1. The minimum absolute atomic E-state index is 0.0539. The smallest absolute Gasteiger partial charge is 0.176 e. The predicted molar refractivity (Wildman–Crippen MR) is 48.0 cm³/mol. The van der Waals surface area contributed by atoms with Gasteiger partial charge in [-0.3, -0.25) is 4.79 Å². The van der Waals surface area contributed by atoms with Crippen LogP contribution in [0.2, 0.25) is 0 Å². The van der Waals surface area contributed by atoms with Gasteiger partial charge in [-0.1, -0.05) is 0 Å². The summed E-state index contributed by atoms with van der Waals surface area (Å²) in [7, 11) is 1.44. The fourth-order valence-electron chi connectivity index (χ4n) is 0.981. The van der Waals surface area contributed by atoms with Crippen LogP contribution in [-0.2, 0) is 0 Å². The summed E-state index contributed by atoms with van der Waals surface area (Å²) in [5.74, 6) is 0.0772. The molecule has 1 aromatic rings. The summed E-state index contributed by atoms with van der Waals surface area (Å²) in [4.78, 5) is 11.1. The van der Waals surface area contributed by atoms with Gasteiger partial charge in [-0.05, 0) is 18.2 Å². The van der Waals surface area contributed by atoms with Crippen molar-refractivity contribution in [3.8, 4) is 11.5 Å². The van der Waals surface area contributed by atoms with Gasteiger partial charge in [0.1, 0.15) is 0 Å². The summed E-state index contributed by atoms with van der Waals surface area (Å²) in [6.45, 7) is -0.0637. The number of hydrogen-bond donors (Lipinski definition) is 2. The molecule has 0 saturated heterocycles. The zero-order chi connectivity index (χ0) is 9.84. The van der Waals surface area contributed by atoms with Gasteiger partial charge < -0.3 is 15.6 Å². The van der Waals surface area contributed by atoms with E-state index in [0.717, 1.165) is 0 Å². The van der Waals surface area contributed by atoms with Crippen LogP contribution in [0.3, 0.4) is 0 Å². The highest BCUT2D eigenvalue weighted by atomic mass is 16.5. The third-order valence-electron chi connectivity index (χ3n) is 1.69. The monoisotopic (exact) mass is 181 g/mol.